The van der Waals surface area contributed by atoms with Crippen LogP contribution >= 0.6 is 15.9 Å². The van der Waals surface area contributed by atoms with Gasteiger partial charge in [-0.05, 0) is 82.3 Å². The van der Waals surface area contributed by atoms with Crippen molar-refractivity contribution in [3.8, 4) is 11.3 Å². The van der Waals surface area contributed by atoms with Crippen LogP contribution < -0.4 is 0 Å². The second-order valence-electron chi connectivity index (χ2n) is 10.9. The topological polar surface area (TPSA) is 93.9 Å². The smallest absolute Gasteiger partial charge is 0.407 e. The first-order valence-electron chi connectivity index (χ1n) is 13.5. The van der Waals surface area contributed by atoms with Gasteiger partial charge in [0.2, 0.25) is 0 Å². The zero-order valence-electron chi connectivity index (χ0n) is 23.4. The highest BCUT2D eigenvalue weighted by molar-refractivity contribution is 9.10. The van der Waals surface area contributed by atoms with Crippen molar-refractivity contribution in [1.82, 2.24) is 14.5 Å². The molecule has 0 radical (unpaired) electrons. The molecule has 1 saturated heterocycles. The number of likely N-dealkylation sites (tertiary alicyclic amines) is 1. The van der Waals surface area contributed by atoms with E-state index >= 15 is 0 Å². The Balaban J connectivity index is 1.70. The highest BCUT2D eigenvalue weighted by atomic mass is 79.9. The lowest BCUT2D eigenvalue weighted by Crippen LogP contribution is -2.40. The lowest BCUT2D eigenvalue weighted by Gasteiger charge is -2.31. The van der Waals surface area contributed by atoms with Crippen LogP contribution in [0.1, 0.15) is 64.3 Å². The second kappa shape index (κ2) is 12.1. The first-order valence-corrected chi connectivity index (χ1v) is 14.3. The lowest BCUT2D eigenvalue weighted by atomic mass is 9.92. The van der Waals surface area contributed by atoms with E-state index in [2.05, 4.69) is 50.6 Å². The summed E-state index contributed by atoms with van der Waals surface area (Å²) in [5.74, 6) is -0.325. The van der Waals surface area contributed by atoms with E-state index in [1.54, 1.807) is 13.3 Å². The third-order valence-corrected chi connectivity index (χ3v) is 8.01. The van der Waals surface area contributed by atoms with Crippen molar-refractivity contribution in [2.75, 3.05) is 20.2 Å². The number of carbonyl (C=O) groups is 2. The Labute approximate surface area is 238 Å². The van der Waals surface area contributed by atoms with Crippen LogP contribution in [0.5, 0.6) is 0 Å². The van der Waals surface area contributed by atoms with E-state index < -0.39 is 11.7 Å². The van der Waals surface area contributed by atoms with E-state index in [0.29, 0.717) is 19.5 Å². The van der Waals surface area contributed by atoms with Gasteiger partial charge in [0.25, 0.3) is 0 Å². The molecule has 0 saturated carbocycles. The number of amides is 1. The summed E-state index contributed by atoms with van der Waals surface area (Å²) in [6.45, 7) is 9.63. The van der Waals surface area contributed by atoms with Crippen LogP contribution in [0.15, 0.2) is 41.0 Å². The molecule has 9 heteroatoms. The zero-order valence-corrected chi connectivity index (χ0v) is 25.0. The van der Waals surface area contributed by atoms with E-state index in [9.17, 15) is 14.7 Å². The van der Waals surface area contributed by atoms with Crippen molar-refractivity contribution in [2.45, 2.75) is 71.6 Å². The summed E-state index contributed by atoms with van der Waals surface area (Å²) in [6.07, 6.45) is 2.94. The fourth-order valence-electron chi connectivity index (χ4n) is 5.72. The molecule has 0 bridgehead atoms. The number of carboxylic acid groups (broad SMARTS) is 1. The normalized spacial score (nSPS) is 16.9. The minimum atomic E-state index is -0.933. The number of hydrogen-bond acceptors (Lipinski definition) is 5. The molecule has 2 aromatic heterocycles. The van der Waals surface area contributed by atoms with E-state index in [-0.39, 0.29) is 24.4 Å². The predicted octanol–water partition coefficient (Wildman–Crippen LogP) is 6.84. The average molecular weight is 601 g/mol. The molecule has 3 aromatic rings. The third kappa shape index (κ3) is 6.47. The average Bonchev–Trinajstić information content (AvgIpc) is 3.19. The highest BCUT2D eigenvalue weighted by Crippen LogP contribution is 2.40. The number of nitrogens with zero attached hydrogens (tertiary/aromatic N) is 3. The van der Waals surface area contributed by atoms with Crippen LogP contribution in [0.4, 0.5) is 4.79 Å². The number of fused-ring (bicyclic) bond motifs is 1. The lowest BCUT2D eigenvalue weighted by molar-refractivity contribution is -0.157. The van der Waals surface area contributed by atoms with E-state index in [4.69, 9.17) is 9.47 Å². The van der Waals surface area contributed by atoms with E-state index in [0.717, 1.165) is 57.3 Å². The minimum Gasteiger partial charge on any atom is -0.465 e. The van der Waals surface area contributed by atoms with Crippen LogP contribution in [0.3, 0.4) is 0 Å². The van der Waals surface area contributed by atoms with Gasteiger partial charge in [-0.1, -0.05) is 15.9 Å². The maximum absolute atomic E-state index is 13.1. The van der Waals surface area contributed by atoms with Gasteiger partial charge in [0.1, 0.15) is 5.60 Å². The number of methoxy groups -OCH3 is 1. The number of halogens is 1. The number of pyridine rings is 1. The van der Waals surface area contributed by atoms with Gasteiger partial charge < -0.3 is 24.0 Å². The number of ether oxygens (including phenoxy) is 2. The zero-order chi connectivity index (χ0) is 28.3. The van der Waals surface area contributed by atoms with Crippen molar-refractivity contribution < 1.29 is 24.2 Å². The van der Waals surface area contributed by atoms with E-state index in [1.807, 2.05) is 32.9 Å². The van der Waals surface area contributed by atoms with Crippen molar-refractivity contribution in [2.24, 2.45) is 5.92 Å². The number of rotatable bonds is 9. The standard InChI is InChI=1S/C30H38BrN3O5/c1-6-34-25-12-11-21(31)16-23(25)24(28(34)22-10-7-13-32-27(22)19(2)38-5)17-30(3,4)39-26(35)15-20-9-8-14-33(18-20)29(36)37/h7,10-13,16,19-20H,6,8-9,14-15,17-18H2,1-5H3,(H,36,37)/t19-,20-/m0/s1. The molecule has 210 valence electrons. The molecular formula is C30H38BrN3O5. The molecule has 1 amide bonds. The van der Waals surface area contributed by atoms with Crippen LogP contribution in [-0.4, -0.2) is 57.4 Å². The molecular weight excluding hydrogens is 562 g/mol. The van der Waals surface area contributed by atoms with Gasteiger partial charge in [-0.2, -0.15) is 0 Å². The summed E-state index contributed by atoms with van der Waals surface area (Å²) in [7, 11) is 1.68. The first kappa shape index (κ1) is 29.1. The predicted molar refractivity (Wildman–Crippen MR) is 155 cm³/mol. The minimum absolute atomic E-state index is 0.0276. The third-order valence-electron chi connectivity index (χ3n) is 7.52. The Bertz CT molecular complexity index is 1350. The first-order chi connectivity index (χ1) is 18.5. The molecule has 8 nitrogen and oxygen atoms in total. The Kier molecular flexibility index (Phi) is 9.01. The highest BCUT2D eigenvalue weighted by Gasteiger charge is 2.32. The number of piperidine rings is 1. The molecule has 1 fully saturated rings. The monoisotopic (exact) mass is 599 g/mol. The van der Waals surface area contributed by atoms with Crippen molar-refractivity contribution in [3.05, 3.63) is 52.3 Å². The second-order valence-corrected chi connectivity index (χ2v) is 11.8. The molecule has 0 aliphatic carbocycles. The Morgan fingerprint density at radius 3 is 2.74 bits per heavy atom. The Morgan fingerprint density at radius 2 is 2.05 bits per heavy atom. The molecule has 4 rings (SSSR count). The quantitative estimate of drug-likeness (QED) is 0.271. The Hall–Kier alpha value is -2.91. The Morgan fingerprint density at radius 1 is 1.28 bits per heavy atom. The SMILES string of the molecule is CCn1c(-c2cccnc2[C@H](C)OC)c(CC(C)(C)OC(=O)C[C@@H]2CCCN(C(=O)O)C2)c2cc(Br)ccc21. The molecule has 1 aliphatic heterocycles. The maximum atomic E-state index is 13.1. The molecule has 0 unspecified atom stereocenters. The van der Waals surface area contributed by atoms with Crippen molar-refractivity contribution in [3.63, 3.8) is 0 Å². The molecule has 1 aromatic carbocycles. The number of hydrogen-bond donors (Lipinski definition) is 1. The largest absolute Gasteiger partial charge is 0.465 e. The summed E-state index contributed by atoms with van der Waals surface area (Å²) in [6, 6.07) is 10.3. The van der Waals surface area contributed by atoms with E-state index in [1.165, 1.54) is 4.90 Å². The number of benzene rings is 1. The number of carbonyl (C=O) groups excluding carboxylic acids is 1. The van der Waals surface area contributed by atoms with Crippen LogP contribution in [0.25, 0.3) is 22.2 Å². The van der Waals surface area contributed by atoms with Gasteiger partial charge in [-0.25, -0.2) is 4.79 Å². The summed E-state index contributed by atoms with van der Waals surface area (Å²) in [5.41, 5.74) is 4.28. The summed E-state index contributed by atoms with van der Waals surface area (Å²) in [4.78, 5) is 30.6. The van der Waals surface area contributed by atoms with Gasteiger partial charge in [-0.3, -0.25) is 9.78 Å². The van der Waals surface area contributed by atoms with Crippen LogP contribution in [0.2, 0.25) is 0 Å². The number of esters is 1. The summed E-state index contributed by atoms with van der Waals surface area (Å²) < 4.78 is 15.0. The number of aryl methyl sites for hydroxylation is 1. The van der Waals surface area contributed by atoms with Gasteiger partial charge >= 0.3 is 12.1 Å². The molecule has 1 aliphatic rings. The van der Waals surface area contributed by atoms with Gasteiger partial charge in [0.05, 0.1) is 23.9 Å². The molecule has 0 spiro atoms. The van der Waals surface area contributed by atoms with Crippen molar-refractivity contribution in [1.29, 1.82) is 0 Å². The van der Waals surface area contributed by atoms with Gasteiger partial charge in [0, 0.05) is 60.3 Å². The van der Waals surface area contributed by atoms with Crippen LogP contribution in [0, 0.1) is 5.92 Å². The fraction of sp³-hybridized carbons (Fsp3) is 0.500. The van der Waals surface area contributed by atoms with Crippen molar-refractivity contribution >= 4 is 38.9 Å². The molecule has 39 heavy (non-hydrogen) atoms. The maximum Gasteiger partial charge on any atom is 0.407 e. The fourth-order valence-corrected chi connectivity index (χ4v) is 6.08. The summed E-state index contributed by atoms with van der Waals surface area (Å²) >= 11 is 3.64. The molecule has 1 N–H and O–H groups in total. The molecule has 2 atom stereocenters. The summed E-state index contributed by atoms with van der Waals surface area (Å²) in [5, 5.41) is 10.4. The number of aromatic nitrogens is 2. The van der Waals surface area contributed by atoms with Crippen LogP contribution in [-0.2, 0) is 27.2 Å². The van der Waals surface area contributed by atoms with Gasteiger partial charge in [-0.15, -0.1) is 0 Å². The van der Waals surface area contributed by atoms with Gasteiger partial charge in [0.15, 0.2) is 0 Å². The molecule has 3 heterocycles.